The van der Waals surface area contributed by atoms with E-state index in [1.807, 2.05) is 0 Å². The van der Waals surface area contributed by atoms with Crippen molar-refractivity contribution in [1.29, 1.82) is 0 Å². The monoisotopic (exact) mass is 306 g/mol. The van der Waals surface area contributed by atoms with Crippen LogP contribution in [-0.2, 0) is 29.9 Å². The van der Waals surface area contributed by atoms with Crippen molar-refractivity contribution in [2.75, 3.05) is 0 Å². The molecule has 0 unspecified atom stereocenters. The Labute approximate surface area is 91.7 Å². The third-order valence-electron chi connectivity index (χ3n) is 0. The van der Waals surface area contributed by atoms with Crippen LogP contribution in [0.15, 0.2) is 0 Å². The fourth-order valence-electron chi connectivity index (χ4n) is 0. The molecule has 0 rings (SSSR count). The molecule has 0 heterocycles. The van der Waals surface area contributed by atoms with Gasteiger partial charge in [-0.1, -0.05) is 0 Å². The van der Waals surface area contributed by atoms with Crippen molar-refractivity contribution >= 4 is 10.4 Å². The maximum Gasteiger partial charge on any atom is 0.394 e. The average molecular weight is 308 g/mol. The van der Waals surface area contributed by atoms with E-state index in [2.05, 4.69) is 0 Å². The van der Waals surface area contributed by atoms with Crippen molar-refractivity contribution in [3.63, 3.8) is 0 Å². The molecule has 98 valence electrons. The van der Waals surface area contributed by atoms with Gasteiger partial charge in [0.15, 0.2) is 0 Å². The number of hydrogen-bond donors (Lipinski definition) is 2. The SMILES string of the molecule is O.O.O.O.O.O.O.O.O=S(=O)(O)O.[Zn]. The molecule has 0 spiro atoms. The predicted molar refractivity (Wildman–Crippen MR) is 43.1 cm³/mol. The summed E-state index contributed by atoms with van der Waals surface area (Å²) in [6, 6.07) is 0. The molecule has 14 heteroatoms. The van der Waals surface area contributed by atoms with E-state index in [0.717, 1.165) is 0 Å². The van der Waals surface area contributed by atoms with Crippen LogP contribution in [0.1, 0.15) is 0 Å². The first-order chi connectivity index (χ1) is 2.00. The second-order valence-corrected chi connectivity index (χ2v) is 1.34. The van der Waals surface area contributed by atoms with Crippen LogP contribution in [0.3, 0.4) is 0 Å². The molecule has 0 saturated carbocycles. The van der Waals surface area contributed by atoms with Crippen molar-refractivity contribution in [3.8, 4) is 0 Å². The Morgan fingerprint density at radius 2 is 0.571 bits per heavy atom. The molecule has 0 fully saturated rings. The molecule has 0 saturated heterocycles. The Morgan fingerprint density at radius 1 is 0.571 bits per heavy atom. The van der Waals surface area contributed by atoms with Crippen molar-refractivity contribution in [2.45, 2.75) is 0 Å². The first-order valence-corrected chi connectivity index (χ1v) is 2.10. The second kappa shape index (κ2) is 51.2. The van der Waals surface area contributed by atoms with Gasteiger partial charge in [-0.15, -0.1) is 0 Å². The van der Waals surface area contributed by atoms with Crippen LogP contribution >= 0.6 is 0 Å². The summed E-state index contributed by atoms with van der Waals surface area (Å²) in [6.07, 6.45) is 0. The average Bonchev–Trinajstić information content (AvgIpc) is 0.722. The summed E-state index contributed by atoms with van der Waals surface area (Å²) in [5.74, 6) is 0. The summed E-state index contributed by atoms with van der Waals surface area (Å²) in [5, 5.41) is 0. The zero-order chi connectivity index (χ0) is 4.50. The van der Waals surface area contributed by atoms with Gasteiger partial charge in [-0.3, -0.25) is 9.11 Å². The van der Waals surface area contributed by atoms with Gasteiger partial charge in [0.1, 0.15) is 0 Å². The molecule has 0 radical (unpaired) electrons. The van der Waals surface area contributed by atoms with Gasteiger partial charge in [0.2, 0.25) is 0 Å². The molecule has 18 N–H and O–H groups in total. The molecule has 0 aliphatic carbocycles. The molecule has 0 aliphatic rings. The fourth-order valence-corrected chi connectivity index (χ4v) is 0. The standard InChI is InChI=1S/H2O4S.8H2O.Zn/c1-5(2,3)4;;;;;;;;;/h(H2,1,2,3,4);8*1H2;. The second-order valence-electron chi connectivity index (χ2n) is 0.448. The Morgan fingerprint density at radius 3 is 0.571 bits per heavy atom. The van der Waals surface area contributed by atoms with Crippen molar-refractivity contribution < 1.29 is 80.8 Å². The van der Waals surface area contributed by atoms with Crippen molar-refractivity contribution in [3.05, 3.63) is 0 Å². The van der Waals surface area contributed by atoms with Crippen LogP contribution < -0.4 is 0 Å². The Balaban J connectivity index is -0.00000000222. The number of rotatable bonds is 0. The zero-order valence-electron chi connectivity index (χ0n) is 6.83. The summed E-state index contributed by atoms with van der Waals surface area (Å²) < 4.78 is 31.6. The summed E-state index contributed by atoms with van der Waals surface area (Å²) in [6.45, 7) is 0. The molecule has 0 aromatic rings. The molecule has 0 atom stereocenters. The Bertz CT molecular complexity index is 93.5. The summed E-state index contributed by atoms with van der Waals surface area (Å²) in [5.41, 5.74) is 0. The summed E-state index contributed by atoms with van der Waals surface area (Å²) in [7, 11) is -4.67. The van der Waals surface area contributed by atoms with Crippen LogP contribution in [-0.4, -0.2) is 61.3 Å². The van der Waals surface area contributed by atoms with E-state index < -0.39 is 10.4 Å². The summed E-state index contributed by atoms with van der Waals surface area (Å²) >= 11 is 0. The molecule has 0 aromatic carbocycles. The minimum atomic E-state index is -4.67. The van der Waals surface area contributed by atoms with Crippen LogP contribution in [0, 0.1) is 0 Å². The van der Waals surface area contributed by atoms with E-state index in [1.54, 1.807) is 0 Å². The van der Waals surface area contributed by atoms with Gasteiger partial charge in [0, 0.05) is 19.5 Å². The molecule has 12 nitrogen and oxygen atoms in total. The molecule has 0 aromatic heterocycles. The zero-order valence-corrected chi connectivity index (χ0v) is 10.6. The van der Waals surface area contributed by atoms with Gasteiger partial charge in [-0.25, -0.2) is 0 Å². The van der Waals surface area contributed by atoms with Gasteiger partial charge >= 0.3 is 10.4 Å². The fraction of sp³-hybridized carbons (Fsp3) is 0. The van der Waals surface area contributed by atoms with Gasteiger partial charge < -0.3 is 43.8 Å². The third-order valence-corrected chi connectivity index (χ3v) is 0. The summed E-state index contributed by atoms with van der Waals surface area (Å²) in [4.78, 5) is 0. The minimum absolute atomic E-state index is 0. The van der Waals surface area contributed by atoms with Crippen LogP contribution in [0.2, 0.25) is 0 Å². The van der Waals surface area contributed by atoms with E-state index in [4.69, 9.17) is 17.5 Å². The minimum Gasteiger partial charge on any atom is -0.412 e. The smallest absolute Gasteiger partial charge is 0.394 e. The topological polar surface area (TPSA) is 327 Å². The van der Waals surface area contributed by atoms with Crippen molar-refractivity contribution in [2.24, 2.45) is 0 Å². The predicted octanol–water partition coefficient (Wildman–Crippen LogP) is -7.25. The Hall–Kier alpha value is 0.173. The van der Waals surface area contributed by atoms with Crippen LogP contribution in [0.5, 0.6) is 0 Å². The Kier molecular flexibility index (Phi) is 517. The van der Waals surface area contributed by atoms with Gasteiger partial charge in [-0.2, -0.15) is 8.42 Å². The number of hydrogen-bond acceptors (Lipinski definition) is 2. The van der Waals surface area contributed by atoms with Crippen LogP contribution in [0.25, 0.3) is 0 Å². The maximum atomic E-state index is 8.74. The van der Waals surface area contributed by atoms with E-state index in [-0.39, 0.29) is 63.3 Å². The molecule has 0 amide bonds. The first kappa shape index (κ1) is 141. The van der Waals surface area contributed by atoms with E-state index >= 15 is 0 Å². The molecule has 0 bridgehead atoms. The molecule has 0 aliphatic heterocycles. The third kappa shape index (κ3) is 50600. The largest absolute Gasteiger partial charge is 0.412 e. The van der Waals surface area contributed by atoms with E-state index in [9.17, 15) is 0 Å². The molecular weight excluding hydrogens is 289 g/mol. The van der Waals surface area contributed by atoms with Gasteiger partial charge in [0.25, 0.3) is 0 Å². The molecule has 14 heavy (non-hydrogen) atoms. The molecular formula is H18O12SZn. The maximum absolute atomic E-state index is 8.74. The van der Waals surface area contributed by atoms with Gasteiger partial charge in [-0.05, 0) is 0 Å². The van der Waals surface area contributed by atoms with Crippen LogP contribution in [0.4, 0.5) is 0 Å². The first-order valence-electron chi connectivity index (χ1n) is 0.698. The normalized spacial score (nSPS) is 4.14. The van der Waals surface area contributed by atoms with Crippen molar-refractivity contribution in [1.82, 2.24) is 0 Å². The van der Waals surface area contributed by atoms with Gasteiger partial charge in [0.05, 0.1) is 0 Å². The quantitative estimate of drug-likeness (QED) is 0.324. The van der Waals surface area contributed by atoms with E-state index in [0.29, 0.717) is 0 Å². The van der Waals surface area contributed by atoms with E-state index in [1.165, 1.54) is 0 Å².